The highest BCUT2D eigenvalue weighted by molar-refractivity contribution is 14.0. The lowest BCUT2D eigenvalue weighted by atomic mass is 10.1. The van der Waals surface area contributed by atoms with Gasteiger partial charge in [0.05, 0.1) is 6.61 Å². The summed E-state index contributed by atoms with van der Waals surface area (Å²) in [6.45, 7) is 9.61. The molecule has 1 aliphatic heterocycles. The third-order valence-electron chi connectivity index (χ3n) is 5.21. The SMILES string of the molecule is CCNC(=NCc1oc2ccccc2c1C)NC1CCN(CCOC)CC1.I. The summed E-state index contributed by atoms with van der Waals surface area (Å²) in [4.78, 5) is 7.23. The maximum Gasteiger partial charge on any atom is 0.191 e. The van der Waals surface area contributed by atoms with Crippen molar-refractivity contribution in [3.8, 4) is 0 Å². The standard InChI is InChI=1S/C21H32N4O2.HI/c1-4-22-21(24-17-9-11-25(12-10-17)13-14-26-3)23-15-20-16(2)18-7-5-6-8-19(18)27-20;/h5-8,17H,4,9-15H2,1-3H3,(H2,22,23,24);1H. The fraction of sp³-hybridized carbons (Fsp3) is 0.571. The van der Waals surface area contributed by atoms with Gasteiger partial charge in [-0.2, -0.15) is 0 Å². The van der Waals surface area contributed by atoms with E-state index >= 15 is 0 Å². The molecule has 1 aromatic carbocycles. The minimum atomic E-state index is 0. The second-order valence-corrected chi connectivity index (χ2v) is 7.09. The predicted molar refractivity (Wildman–Crippen MR) is 126 cm³/mol. The number of rotatable bonds is 7. The van der Waals surface area contributed by atoms with E-state index in [0.29, 0.717) is 12.6 Å². The molecule has 0 unspecified atom stereocenters. The molecular formula is C21H33IN4O2. The van der Waals surface area contributed by atoms with Gasteiger partial charge in [-0.1, -0.05) is 18.2 Å². The Morgan fingerprint density at radius 2 is 2.04 bits per heavy atom. The van der Waals surface area contributed by atoms with E-state index in [1.54, 1.807) is 7.11 Å². The van der Waals surface area contributed by atoms with Crippen molar-refractivity contribution in [1.82, 2.24) is 15.5 Å². The second kappa shape index (κ2) is 11.6. The Labute approximate surface area is 185 Å². The van der Waals surface area contributed by atoms with E-state index in [1.807, 2.05) is 18.2 Å². The van der Waals surface area contributed by atoms with Gasteiger partial charge in [-0.25, -0.2) is 4.99 Å². The lowest BCUT2D eigenvalue weighted by Crippen LogP contribution is -2.49. The molecule has 0 spiro atoms. The van der Waals surface area contributed by atoms with E-state index < -0.39 is 0 Å². The summed E-state index contributed by atoms with van der Waals surface area (Å²) in [7, 11) is 1.76. The number of methoxy groups -OCH3 is 1. The van der Waals surface area contributed by atoms with E-state index in [9.17, 15) is 0 Å². The monoisotopic (exact) mass is 500 g/mol. The smallest absolute Gasteiger partial charge is 0.191 e. The number of benzene rings is 1. The van der Waals surface area contributed by atoms with Gasteiger partial charge in [-0.15, -0.1) is 24.0 Å². The minimum absolute atomic E-state index is 0. The number of guanidine groups is 1. The number of para-hydroxylation sites is 1. The van der Waals surface area contributed by atoms with Crippen LogP contribution in [0.15, 0.2) is 33.7 Å². The van der Waals surface area contributed by atoms with Gasteiger partial charge in [0.2, 0.25) is 0 Å². The number of halogens is 1. The van der Waals surface area contributed by atoms with Gasteiger partial charge in [0.15, 0.2) is 5.96 Å². The lowest BCUT2D eigenvalue weighted by molar-refractivity contribution is 0.128. The maximum atomic E-state index is 5.99. The molecule has 0 saturated carbocycles. The molecule has 28 heavy (non-hydrogen) atoms. The molecule has 0 atom stereocenters. The number of ether oxygens (including phenoxy) is 1. The number of aliphatic imine (C=N–C) groups is 1. The van der Waals surface area contributed by atoms with Crippen molar-refractivity contribution in [1.29, 1.82) is 0 Å². The third kappa shape index (κ3) is 6.09. The zero-order valence-corrected chi connectivity index (χ0v) is 19.5. The fourth-order valence-electron chi connectivity index (χ4n) is 3.56. The van der Waals surface area contributed by atoms with Crippen LogP contribution in [0.4, 0.5) is 0 Å². The van der Waals surface area contributed by atoms with Crippen LogP contribution in [0.2, 0.25) is 0 Å². The van der Waals surface area contributed by atoms with Crippen LogP contribution in [0, 0.1) is 6.92 Å². The molecule has 1 aromatic heterocycles. The molecule has 7 heteroatoms. The Hall–Kier alpha value is -1.32. The van der Waals surface area contributed by atoms with E-state index in [2.05, 4.69) is 35.4 Å². The first-order valence-electron chi connectivity index (χ1n) is 9.94. The average molecular weight is 500 g/mol. The summed E-state index contributed by atoms with van der Waals surface area (Å²) in [6, 6.07) is 8.61. The summed E-state index contributed by atoms with van der Waals surface area (Å²) in [5, 5.41) is 8.13. The van der Waals surface area contributed by atoms with Crippen LogP contribution in [-0.4, -0.2) is 56.8 Å². The molecule has 0 aliphatic carbocycles. The predicted octanol–water partition coefficient (Wildman–Crippen LogP) is 3.53. The fourth-order valence-corrected chi connectivity index (χ4v) is 3.56. The van der Waals surface area contributed by atoms with Gasteiger partial charge in [0, 0.05) is 50.3 Å². The number of likely N-dealkylation sites (tertiary alicyclic amines) is 1. The normalized spacial score (nSPS) is 16.2. The molecule has 0 radical (unpaired) electrons. The number of furan rings is 1. The van der Waals surface area contributed by atoms with E-state index in [1.165, 1.54) is 10.9 Å². The van der Waals surface area contributed by atoms with Crippen LogP contribution >= 0.6 is 24.0 Å². The summed E-state index contributed by atoms with van der Waals surface area (Å²) < 4.78 is 11.2. The molecule has 6 nitrogen and oxygen atoms in total. The van der Waals surface area contributed by atoms with Crippen molar-refractivity contribution in [2.24, 2.45) is 4.99 Å². The molecule has 0 amide bonds. The van der Waals surface area contributed by atoms with Gasteiger partial charge in [0.1, 0.15) is 17.9 Å². The molecule has 0 bridgehead atoms. The number of nitrogens with zero attached hydrogens (tertiary/aromatic N) is 2. The molecule has 2 N–H and O–H groups in total. The largest absolute Gasteiger partial charge is 0.459 e. The number of nitrogens with one attached hydrogen (secondary N) is 2. The summed E-state index contributed by atoms with van der Waals surface area (Å²) >= 11 is 0. The zero-order chi connectivity index (χ0) is 19.1. The van der Waals surface area contributed by atoms with Crippen LogP contribution < -0.4 is 10.6 Å². The van der Waals surface area contributed by atoms with Gasteiger partial charge in [0.25, 0.3) is 0 Å². The van der Waals surface area contributed by atoms with E-state index in [0.717, 1.165) is 62.9 Å². The van der Waals surface area contributed by atoms with Gasteiger partial charge in [-0.3, -0.25) is 0 Å². The number of hydrogen-bond donors (Lipinski definition) is 2. The first-order valence-corrected chi connectivity index (χ1v) is 9.94. The van der Waals surface area contributed by atoms with Gasteiger partial charge >= 0.3 is 0 Å². The van der Waals surface area contributed by atoms with Crippen LogP contribution in [0.5, 0.6) is 0 Å². The molecule has 1 aliphatic rings. The van der Waals surface area contributed by atoms with Crippen molar-refractivity contribution >= 4 is 40.9 Å². The summed E-state index contributed by atoms with van der Waals surface area (Å²) in [5.74, 6) is 1.80. The molecule has 1 saturated heterocycles. The first-order chi connectivity index (χ1) is 13.2. The Balaban J connectivity index is 0.00000280. The van der Waals surface area contributed by atoms with E-state index in [-0.39, 0.29) is 24.0 Å². The zero-order valence-electron chi connectivity index (χ0n) is 17.2. The van der Waals surface area contributed by atoms with Crippen LogP contribution in [0.3, 0.4) is 0 Å². The Morgan fingerprint density at radius 3 is 2.71 bits per heavy atom. The van der Waals surface area contributed by atoms with Crippen LogP contribution in [0.1, 0.15) is 31.1 Å². The third-order valence-corrected chi connectivity index (χ3v) is 5.21. The quantitative estimate of drug-likeness (QED) is 0.346. The van der Waals surface area contributed by atoms with Crippen molar-refractivity contribution in [3.63, 3.8) is 0 Å². The topological polar surface area (TPSA) is 62.0 Å². The number of piperidine rings is 1. The highest BCUT2D eigenvalue weighted by atomic mass is 127. The summed E-state index contributed by atoms with van der Waals surface area (Å²) in [6.07, 6.45) is 2.25. The van der Waals surface area contributed by atoms with Gasteiger partial charge in [-0.05, 0) is 32.8 Å². The molecule has 3 rings (SSSR count). The molecule has 156 valence electrons. The Bertz CT molecular complexity index is 754. The average Bonchev–Trinajstić information content (AvgIpc) is 3.02. The van der Waals surface area contributed by atoms with E-state index in [4.69, 9.17) is 14.1 Å². The molecule has 2 heterocycles. The Kier molecular flexibility index (Phi) is 9.53. The number of aryl methyl sites for hydroxylation is 1. The van der Waals surface area contributed by atoms with Gasteiger partial charge < -0.3 is 24.7 Å². The molecule has 2 aromatic rings. The number of hydrogen-bond acceptors (Lipinski definition) is 4. The molecular weight excluding hydrogens is 467 g/mol. The highest BCUT2D eigenvalue weighted by Crippen LogP contribution is 2.25. The maximum absolute atomic E-state index is 5.99. The first kappa shape index (κ1) is 23.0. The molecule has 1 fully saturated rings. The second-order valence-electron chi connectivity index (χ2n) is 7.09. The summed E-state index contributed by atoms with van der Waals surface area (Å²) in [5.41, 5.74) is 2.11. The van der Waals surface area contributed by atoms with Crippen molar-refractivity contribution < 1.29 is 9.15 Å². The Morgan fingerprint density at radius 1 is 1.29 bits per heavy atom. The van der Waals surface area contributed by atoms with Crippen molar-refractivity contribution in [3.05, 3.63) is 35.6 Å². The van der Waals surface area contributed by atoms with Crippen molar-refractivity contribution in [2.75, 3.05) is 39.9 Å². The lowest BCUT2D eigenvalue weighted by Gasteiger charge is -2.32. The van der Waals surface area contributed by atoms with Crippen molar-refractivity contribution in [2.45, 2.75) is 39.3 Å². The number of fused-ring (bicyclic) bond motifs is 1. The minimum Gasteiger partial charge on any atom is -0.459 e. The van der Waals surface area contributed by atoms with Crippen LogP contribution in [-0.2, 0) is 11.3 Å². The highest BCUT2D eigenvalue weighted by Gasteiger charge is 2.19. The van der Waals surface area contributed by atoms with Crippen LogP contribution in [0.25, 0.3) is 11.0 Å².